The normalized spacial score (nSPS) is 29.8. The van der Waals surface area contributed by atoms with E-state index >= 15 is 0 Å². The van der Waals surface area contributed by atoms with Crippen molar-refractivity contribution in [3.05, 3.63) is 27.2 Å². The van der Waals surface area contributed by atoms with Crippen molar-refractivity contribution in [1.29, 1.82) is 0 Å². The van der Waals surface area contributed by atoms with Crippen molar-refractivity contribution in [3.8, 4) is 0 Å². The van der Waals surface area contributed by atoms with Gasteiger partial charge < -0.3 is 25.0 Å². The Labute approximate surface area is 178 Å². The molecule has 2 aromatic rings. The van der Waals surface area contributed by atoms with Crippen LogP contribution in [0, 0.1) is 0 Å². The smallest absolute Gasteiger partial charge is 0.332 e. The lowest BCUT2D eigenvalue weighted by Gasteiger charge is -2.35. The third-order valence-electron chi connectivity index (χ3n) is 6.62. The molecule has 31 heavy (non-hydrogen) atoms. The molecule has 2 saturated heterocycles. The van der Waals surface area contributed by atoms with Crippen LogP contribution in [0.3, 0.4) is 0 Å². The molecule has 1 amide bonds. The molecule has 0 aliphatic carbocycles. The molecule has 3 N–H and O–H groups in total. The Morgan fingerprint density at radius 1 is 1.23 bits per heavy atom. The molecule has 4 atom stereocenters. The molecule has 11 heteroatoms. The first-order valence-electron chi connectivity index (χ1n) is 10.7. The fraction of sp³-hybridized carbons (Fsp3) is 0.700. The average Bonchev–Trinajstić information content (AvgIpc) is 3.12. The zero-order valence-corrected chi connectivity index (χ0v) is 18.1. The van der Waals surface area contributed by atoms with Crippen molar-refractivity contribution in [1.82, 2.24) is 28.9 Å². The van der Waals surface area contributed by atoms with Gasteiger partial charge in [-0.25, -0.2) is 9.78 Å². The zero-order valence-electron chi connectivity index (χ0n) is 18.1. The Bertz CT molecular complexity index is 1110. The predicted octanol–water partition coefficient (Wildman–Crippen LogP) is -1.54. The SMILES string of the molecule is Cn1c(=O)c2c(ncn2[C@H]2CN(C(=O)[C@@H]3CCCCN3)C[C@H](O)C[C@]2(C)O)n(C)c1=O. The van der Waals surface area contributed by atoms with Crippen LogP contribution in [0.1, 0.15) is 38.6 Å². The van der Waals surface area contributed by atoms with Gasteiger partial charge >= 0.3 is 5.69 Å². The number of aryl methyl sites for hydroxylation is 1. The number of hydrogen-bond acceptors (Lipinski definition) is 7. The molecule has 0 radical (unpaired) electrons. The highest BCUT2D eigenvalue weighted by atomic mass is 16.3. The fourth-order valence-electron chi connectivity index (χ4n) is 4.86. The monoisotopic (exact) mass is 434 g/mol. The summed E-state index contributed by atoms with van der Waals surface area (Å²) in [6, 6.07) is -1.05. The second-order valence-corrected chi connectivity index (χ2v) is 9.01. The van der Waals surface area contributed by atoms with E-state index in [0.717, 1.165) is 30.4 Å². The number of imidazole rings is 1. The Morgan fingerprint density at radius 2 is 1.97 bits per heavy atom. The number of nitrogens with zero attached hydrogens (tertiary/aromatic N) is 5. The molecular weight excluding hydrogens is 404 g/mol. The number of aliphatic hydroxyl groups excluding tert-OH is 1. The molecule has 0 aromatic carbocycles. The fourth-order valence-corrected chi connectivity index (χ4v) is 4.86. The van der Waals surface area contributed by atoms with Gasteiger partial charge in [-0.1, -0.05) is 6.42 Å². The predicted molar refractivity (Wildman–Crippen MR) is 113 cm³/mol. The van der Waals surface area contributed by atoms with Crippen LogP contribution in [0.2, 0.25) is 0 Å². The number of carbonyl (C=O) groups excluding carboxylic acids is 1. The topological polar surface area (TPSA) is 135 Å². The summed E-state index contributed by atoms with van der Waals surface area (Å²) in [5, 5.41) is 25.0. The van der Waals surface area contributed by atoms with Crippen molar-refractivity contribution in [2.24, 2.45) is 14.1 Å². The molecule has 2 aromatic heterocycles. The van der Waals surface area contributed by atoms with Gasteiger partial charge in [0.1, 0.15) is 0 Å². The van der Waals surface area contributed by atoms with E-state index in [-0.39, 0.29) is 42.6 Å². The van der Waals surface area contributed by atoms with Crippen LogP contribution in [-0.4, -0.2) is 77.1 Å². The molecule has 4 rings (SSSR count). The molecule has 2 aliphatic heterocycles. The molecule has 0 bridgehead atoms. The number of aromatic nitrogens is 4. The second kappa shape index (κ2) is 7.88. The minimum Gasteiger partial charge on any atom is -0.391 e. The highest BCUT2D eigenvalue weighted by Crippen LogP contribution is 2.33. The van der Waals surface area contributed by atoms with Crippen LogP contribution < -0.4 is 16.6 Å². The number of hydrogen-bond donors (Lipinski definition) is 3. The van der Waals surface area contributed by atoms with Crippen molar-refractivity contribution in [2.45, 2.75) is 56.4 Å². The number of piperidine rings is 1. The molecule has 0 unspecified atom stereocenters. The highest BCUT2D eigenvalue weighted by Gasteiger charge is 2.43. The van der Waals surface area contributed by atoms with Crippen LogP contribution in [0.4, 0.5) is 0 Å². The molecule has 170 valence electrons. The number of aliphatic hydroxyl groups is 2. The number of carbonyl (C=O) groups is 1. The van der Waals surface area contributed by atoms with E-state index in [9.17, 15) is 24.6 Å². The van der Waals surface area contributed by atoms with E-state index in [1.54, 1.807) is 16.4 Å². The number of nitrogens with one attached hydrogen (secondary N) is 1. The minimum atomic E-state index is -1.41. The largest absolute Gasteiger partial charge is 0.391 e. The van der Waals surface area contributed by atoms with Gasteiger partial charge in [0.15, 0.2) is 11.2 Å². The molecule has 2 fully saturated rings. The summed E-state index contributed by atoms with van der Waals surface area (Å²) in [5.41, 5.74) is -2.05. The van der Waals surface area contributed by atoms with Crippen molar-refractivity contribution in [2.75, 3.05) is 19.6 Å². The third kappa shape index (κ3) is 3.70. The molecular formula is C20H30N6O5. The number of fused-ring (bicyclic) bond motifs is 1. The lowest BCUT2D eigenvalue weighted by atomic mass is 9.91. The van der Waals surface area contributed by atoms with Gasteiger partial charge in [0.05, 0.1) is 30.1 Å². The Kier molecular flexibility index (Phi) is 5.52. The molecule has 11 nitrogen and oxygen atoms in total. The standard InChI is InChI=1S/C20H30N6O5/c1-20(31)8-12(27)9-25(17(28)13-6-4-5-7-21-13)10-14(20)26-11-22-16-15(26)18(29)24(3)19(30)23(16)2/h11-14,21,27,31H,4-10H2,1-3H3/t12-,13+,14+,20+/m1/s1. The van der Waals surface area contributed by atoms with Crippen LogP contribution in [0.15, 0.2) is 15.9 Å². The number of rotatable bonds is 2. The quantitative estimate of drug-likeness (QED) is 0.521. The summed E-state index contributed by atoms with van der Waals surface area (Å²) < 4.78 is 3.82. The molecule has 0 saturated carbocycles. The number of likely N-dealkylation sites (tertiary alicyclic amines) is 1. The Balaban J connectivity index is 1.79. The van der Waals surface area contributed by atoms with Gasteiger partial charge in [-0.05, 0) is 26.3 Å². The zero-order chi connectivity index (χ0) is 22.5. The first-order chi connectivity index (χ1) is 14.6. The summed E-state index contributed by atoms with van der Waals surface area (Å²) in [6.45, 7) is 2.57. The first-order valence-corrected chi connectivity index (χ1v) is 10.7. The van der Waals surface area contributed by atoms with Gasteiger partial charge in [-0.2, -0.15) is 0 Å². The second-order valence-electron chi connectivity index (χ2n) is 9.01. The molecule has 0 spiro atoms. The summed E-state index contributed by atoms with van der Waals surface area (Å²) in [4.78, 5) is 44.2. The van der Waals surface area contributed by atoms with Gasteiger partial charge in [-0.15, -0.1) is 0 Å². The summed E-state index contributed by atoms with van der Waals surface area (Å²) >= 11 is 0. The summed E-state index contributed by atoms with van der Waals surface area (Å²) in [7, 11) is 2.92. The summed E-state index contributed by atoms with van der Waals surface area (Å²) in [6.07, 6.45) is 3.25. The first kappa shape index (κ1) is 21.7. The lowest BCUT2D eigenvalue weighted by Crippen LogP contribution is -2.51. The highest BCUT2D eigenvalue weighted by molar-refractivity contribution is 5.82. The van der Waals surface area contributed by atoms with E-state index in [4.69, 9.17) is 0 Å². The van der Waals surface area contributed by atoms with E-state index in [1.165, 1.54) is 25.0 Å². The van der Waals surface area contributed by atoms with Gasteiger partial charge in [0.25, 0.3) is 5.56 Å². The van der Waals surface area contributed by atoms with E-state index in [1.807, 2.05) is 0 Å². The van der Waals surface area contributed by atoms with Gasteiger partial charge in [0.2, 0.25) is 5.91 Å². The minimum absolute atomic E-state index is 0.0330. The maximum atomic E-state index is 13.2. The summed E-state index contributed by atoms with van der Waals surface area (Å²) in [5.74, 6) is -0.119. The van der Waals surface area contributed by atoms with Gasteiger partial charge in [0, 0.05) is 33.6 Å². The van der Waals surface area contributed by atoms with Crippen LogP contribution in [-0.2, 0) is 18.9 Å². The molecule has 4 heterocycles. The van der Waals surface area contributed by atoms with Crippen molar-refractivity contribution < 1.29 is 15.0 Å². The average molecular weight is 434 g/mol. The lowest BCUT2D eigenvalue weighted by molar-refractivity contribution is -0.135. The van der Waals surface area contributed by atoms with E-state index < -0.39 is 29.0 Å². The Morgan fingerprint density at radius 3 is 2.65 bits per heavy atom. The number of β-amino-alcohol motifs (C(OH)–C–C–N with tert-alkyl or cyclic N) is 1. The van der Waals surface area contributed by atoms with E-state index in [2.05, 4.69) is 10.3 Å². The number of amides is 1. The van der Waals surface area contributed by atoms with Crippen LogP contribution in [0.25, 0.3) is 11.2 Å². The molecule has 2 aliphatic rings. The van der Waals surface area contributed by atoms with Crippen LogP contribution in [0.5, 0.6) is 0 Å². The Hall–Kier alpha value is -2.50. The van der Waals surface area contributed by atoms with Crippen molar-refractivity contribution >= 4 is 17.1 Å². The van der Waals surface area contributed by atoms with Crippen LogP contribution >= 0.6 is 0 Å². The van der Waals surface area contributed by atoms with Crippen molar-refractivity contribution in [3.63, 3.8) is 0 Å². The third-order valence-corrected chi connectivity index (χ3v) is 6.62. The maximum absolute atomic E-state index is 13.2. The van der Waals surface area contributed by atoms with E-state index in [0.29, 0.717) is 0 Å². The van der Waals surface area contributed by atoms with Gasteiger partial charge in [-0.3, -0.25) is 18.7 Å². The maximum Gasteiger partial charge on any atom is 0.332 e.